The van der Waals surface area contributed by atoms with E-state index >= 15 is 0 Å². The van der Waals surface area contributed by atoms with Crippen molar-refractivity contribution in [2.45, 2.75) is 19.4 Å². The Bertz CT molecular complexity index is 338. The second kappa shape index (κ2) is 6.94. The highest BCUT2D eigenvalue weighted by molar-refractivity contribution is 5.85. The predicted molar refractivity (Wildman–Crippen MR) is 70.7 cm³/mol. The van der Waals surface area contributed by atoms with Crippen LogP contribution in [0.3, 0.4) is 0 Å². The summed E-state index contributed by atoms with van der Waals surface area (Å²) in [5, 5.41) is 0. The number of hydrogen-bond donors (Lipinski definition) is 1. The van der Waals surface area contributed by atoms with Crippen molar-refractivity contribution in [1.29, 1.82) is 0 Å². The van der Waals surface area contributed by atoms with Crippen LogP contribution < -0.4 is 5.73 Å². The first-order valence-electron chi connectivity index (χ1n) is 5.95. The molecular weight excluding hydrogens is 239 g/mol. The molecule has 1 aromatic carbocycles. The van der Waals surface area contributed by atoms with Crippen LogP contribution in [0.4, 0.5) is 4.39 Å². The van der Waals surface area contributed by atoms with Crippen molar-refractivity contribution in [1.82, 2.24) is 4.90 Å². The topological polar surface area (TPSA) is 29.3 Å². The van der Waals surface area contributed by atoms with Crippen molar-refractivity contribution in [3.8, 4) is 0 Å². The molecule has 0 atom stereocenters. The molecule has 2 N–H and O–H groups in total. The van der Waals surface area contributed by atoms with Crippen LogP contribution in [0.5, 0.6) is 0 Å². The van der Waals surface area contributed by atoms with E-state index in [1.165, 1.54) is 6.07 Å². The SMILES string of the molecule is Cl.NCC1CCN(Cc2ccccc2F)CC1. The zero-order valence-corrected chi connectivity index (χ0v) is 10.8. The molecule has 0 aliphatic carbocycles. The van der Waals surface area contributed by atoms with Gasteiger partial charge in [0.2, 0.25) is 0 Å². The van der Waals surface area contributed by atoms with Gasteiger partial charge in [0.25, 0.3) is 0 Å². The Hall–Kier alpha value is -0.640. The summed E-state index contributed by atoms with van der Waals surface area (Å²) in [6.07, 6.45) is 2.29. The average molecular weight is 259 g/mol. The third kappa shape index (κ3) is 3.95. The molecule has 2 rings (SSSR count). The van der Waals surface area contributed by atoms with E-state index < -0.39 is 0 Å². The molecule has 1 heterocycles. The standard InChI is InChI=1S/C13H19FN2.ClH/c14-13-4-2-1-3-12(13)10-16-7-5-11(9-15)6-8-16;/h1-4,11H,5-10,15H2;1H. The molecule has 1 aliphatic rings. The highest BCUT2D eigenvalue weighted by Gasteiger charge is 2.18. The fourth-order valence-corrected chi connectivity index (χ4v) is 2.25. The second-order valence-electron chi connectivity index (χ2n) is 4.55. The van der Waals surface area contributed by atoms with Gasteiger partial charge in [-0.05, 0) is 44.5 Å². The first-order valence-corrected chi connectivity index (χ1v) is 5.95. The highest BCUT2D eigenvalue weighted by atomic mass is 35.5. The normalized spacial score (nSPS) is 17.8. The van der Waals surface area contributed by atoms with Gasteiger partial charge >= 0.3 is 0 Å². The van der Waals surface area contributed by atoms with Crippen LogP contribution in [0.15, 0.2) is 24.3 Å². The van der Waals surface area contributed by atoms with Gasteiger partial charge in [-0.15, -0.1) is 12.4 Å². The van der Waals surface area contributed by atoms with E-state index in [0.29, 0.717) is 5.92 Å². The lowest BCUT2D eigenvalue weighted by Gasteiger charge is -2.31. The van der Waals surface area contributed by atoms with E-state index in [0.717, 1.165) is 44.6 Å². The number of piperidine rings is 1. The molecule has 0 amide bonds. The van der Waals surface area contributed by atoms with Gasteiger partial charge in [-0.2, -0.15) is 0 Å². The second-order valence-corrected chi connectivity index (χ2v) is 4.55. The van der Waals surface area contributed by atoms with Gasteiger partial charge in [0.15, 0.2) is 0 Å². The Morgan fingerprint density at radius 2 is 1.88 bits per heavy atom. The minimum atomic E-state index is -0.0940. The van der Waals surface area contributed by atoms with Gasteiger partial charge < -0.3 is 5.73 Å². The summed E-state index contributed by atoms with van der Waals surface area (Å²) in [5.41, 5.74) is 6.45. The molecule has 0 bridgehead atoms. The molecule has 0 aromatic heterocycles. The van der Waals surface area contributed by atoms with Crippen LogP contribution in [0.1, 0.15) is 18.4 Å². The van der Waals surface area contributed by atoms with Crippen LogP contribution in [-0.4, -0.2) is 24.5 Å². The van der Waals surface area contributed by atoms with E-state index in [1.54, 1.807) is 6.07 Å². The van der Waals surface area contributed by atoms with E-state index in [-0.39, 0.29) is 18.2 Å². The zero-order chi connectivity index (χ0) is 11.4. The third-order valence-electron chi connectivity index (χ3n) is 3.39. The number of likely N-dealkylation sites (tertiary alicyclic amines) is 1. The molecule has 17 heavy (non-hydrogen) atoms. The minimum absolute atomic E-state index is 0. The fraction of sp³-hybridized carbons (Fsp3) is 0.538. The van der Waals surface area contributed by atoms with Crippen molar-refractivity contribution in [3.05, 3.63) is 35.6 Å². The first kappa shape index (κ1) is 14.4. The smallest absolute Gasteiger partial charge is 0.127 e. The summed E-state index contributed by atoms with van der Waals surface area (Å²) < 4.78 is 13.4. The Balaban J connectivity index is 0.00000144. The maximum atomic E-state index is 13.4. The van der Waals surface area contributed by atoms with E-state index in [4.69, 9.17) is 5.73 Å². The van der Waals surface area contributed by atoms with Crippen molar-refractivity contribution >= 4 is 12.4 Å². The molecule has 1 aliphatic heterocycles. The number of benzene rings is 1. The third-order valence-corrected chi connectivity index (χ3v) is 3.39. The van der Waals surface area contributed by atoms with Crippen LogP contribution in [0.2, 0.25) is 0 Å². The summed E-state index contributed by atoms with van der Waals surface area (Å²) in [4.78, 5) is 2.31. The maximum absolute atomic E-state index is 13.4. The molecule has 0 spiro atoms. The van der Waals surface area contributed by atoms with Crippen LogP contribution in [0, 0.1) is 11.7 Å². The summed E-state index contributed by atoms with van der Waals surface area (Å²) in [6.45, 7) is 3.59. The number of hydrogen-bond acceptors (Lipinski definition) is 2. The van der Waals surface area contributed by atoms with Crippen molar-refractivity contribution in [2.24, 2.45) is 11.7 Å². The lowest BCUT2D eigenvalue weighted by molar-refractivity contribution is 0.178. The zero-order valence-electron chi connectivity index (χ0n) is 9.94. The lowest BCUT2D eigenvalue weighted by atomic mass is 9.97. The molecule has 1 aromatic rings. The van der Waals surface area contributed by atoms with Crippen LogP contribution in [-0.2, 0) is 6.54 Å². The highest BCUT2D eigenvalue weighted by Crippen LogP contribution is 2.18. The van der Waals surface area contributed by atoms with Crippen molar-refractivity contribution < 1.29 is 4.39 Å². The fourth-order valence-electron chi connectivity index (χ4n) is 2.25. The molecule has 1 saturated heterocycles. The first-order chi connectivity index (χ1) is 7.79. The van der Waals surface area contributed by atoms with Gasteiger partial charge in [0.05, 0.1) is 0 Å². The molecule has 96 valence electrons. The van der Waals surface area contributed by atoms with E-state index in [2.05, 4.69) is 4.90 Å². The molecule has 0 unspecified atom stereocenters. The van der Waals surface area contributed by atoms with Gasteiger partial charge in [-0.3, -0.25) is 4.90 Å². The maximum Gasteiger partial charge on any atom is 0.127 e. The molecule has 1 fully saturated rings. The van der Waals surface area contributed by atoms with Crippen LogP contribution in [0.25, 0.3) is 0 Å². The van der Waals surface area contributed by atoms with Crippen molar-refractivity contribution in [2.75, 3.05) is 19.6 Å². The summed E-state index contributed by atoms with van der Waals surface area (Å²) in [6, 6.07) is 7.02. The van der Waals surface area contributed by atoms with Gasteiger partial charge in [-0.1, -0.05) is 18.2 Å². The predicted octanol–water partition coefficient (Wildman–Crippen LogP) is 2.42. The summed E-state index contributed by atoms with van der Waals surface area (Å²) in [7, 11) is 0. The Kier molecular flexibility index (Phi) is 5.89. The van der Waals surface area contributed by atoms with Gasteiger partial charge in [0.1, 0.15) is 5.82 Å². The van der Waals surface area contributed by atoms with Gasteiger partial charge in [-0.25, -0.2) is 4.39 Å². The molecule has 4 heteroatoms. The van der Waals surface area contributed by atoms with E-state index in [9.17, 15) is 4.39 Å². The number of nitrogens with zero attached hydrogens (tertiary/aromatic N) is 1. The summed E-state index contributed by atoms with van der Waals surface area (Å²) >= 11 is 0. The largest absolute Gasteiger partial charge is 0.330 e. The molecule has 0 saturated carbocycles. The van der Waals surface area contributed by atoms with Gasteiger partial charge in [0, 0.05) is 12.1 Å². The average Bonchev–Trinajstić information content (AvgIpc) is 2.33. The number of rotatable bonds is 3. The minimum Gasteiger partial charge on any atom is -0.330 e. The van der Waals surface area contributed by atoms with Crippen LogP contribution >= 0.6 is 12.4 Å². The number of nitrogens with two attached hydrogens (primary N) is 1. The number of halogens is 2. The van der Waals surface area contributed by atoms with Crippen molar-refractivity contribution in [3.63, 3.8) is 0 Å². The summed E-state index contributed by atoms with van der Waals surface area (Å²) in [5.74, 6) is 0.570. The molecule has 0 radical (unpaired) electrons. The lowest BCUT2D eigenvalue weighted by Crippen LogP contribution is -2.35. The van der Waals surface area contributed by atoms with E-state index in [1.807, 2.05) is 12.1 Å². The Morgan fingerprint density at radius 1 is 1.24 bits per heavy atom. The Labute approximate surface area is 108 Å². The quantitative estimate of drug-likeness (QED) is 0.902. The Morgan fingerprint density at radius 3 is 2.47 bits per heavy atom. The monoisotopic (exact) mass is 258 g/mol. The molecule has 2 nitrogen and oxygen atoms in total. The molecular formula is C13H20ClFN2.